The minimum absolute atomic E-state index is 0.117. The summed E-state index contributed by atoms with van der Waals surface area (Å²) in [6, 6.07) is 24.8. The monoisotopic (exact) mass is 398 g/mol. The van der Waals surface area contributed by atoms with Crippen LogP contribution in [0.4, 0.5) is 0 Å². The lowest BCUT2D eigenvalue weighted by Gasteiger charge is -2.29. The van der Waals surface area contributed by atoms with Crippen molar-refractivity contribution in [1.29, 1.82) is 0 Å². The lowest BCUT2D eigenvalue weighted by atomic mass is 9.85. The Hall–Kier alpha value is -3.20. The maximum atomic E-state index is 8.73. The number of unbranched alkanes of at least 4 members (excludes halogenated alkanes) is 1. The summed E-state index contributed by atoms with van der Waals surface area (Å²) in [4.78, 5) is 0. The van der Waals surface area contributed by atoms with Gasteiger partial charge in [0.2, 0.25) is 0 Å². The Kier molecular flexibility index (Phi) is 4.65. The van der Waals surface area contributed by atoms with Crippen LogP contribution in [0.2, 0.25) is 1.41 Å². The van der Waals surface area contributed by atoms with Crippen LogP contribution in [0.15, 0.2) is 78.6 Å². The molecule has 2 aliphatic rings. The zero-order valence-electron chi connectivity index (χ0n) is 18.5. The molecule has 0 saturated carbocycles. The number of para-hydroxylation sites is 2. The molecule has 3 nitrogen and oxygen atoms in total. The number of aryl methyl sites for hydroxylation is 1. The van der Waals surface area contributed by atoms with Crippen LogP contribution in [-0.4, -0.2) is 6.23 Å². The SMILES string of the molecule is [2H]N1C(c2ccc(CCCC)cc2)=C(C2c3ccccc3Oc3ccccc32)OC1C. The van der Waals surface area contributed by atoms with Gasteiger partial charge in [-0.05, 0) is 37.5 Å². The summed E-state index contributed by atoms with van der Waals surface area (Å²) in [5, 5.41) is 1.50. The van der Waals surface area contributed by atoms with Gasteiger partial charge in [-0.15, -0.1) is 0 Å². The molecule has 0 amide bonds. The minimum atomic E-state index is -0.355. The first kappa shape index (κ1) is 17.6. The molecule has 3 aromatic carbocycles. The fourth-order valence-electron chi connectivity index (χ4n) is 4.34. The molecule has 3 aromatic rings. The normalized spacial score (nSPS) is 18.4. The Morgan fingerprint density at radius 3 is 2.17 bits per heavy atom. The quantitative estimate of drug-likeness (QED) is 0.525. The van der Waals surface area contributed by atoms with E-state index in [2.05, 4.69) is 43.3 Å². The Balaban J connectivity index is 1.65. The van der Waals surface area contributed by atoms with E-state index in [0.29, 0.717) is 0 Å². The van der Waals surface area contributed by atoms with Crippen molar-refractivity contribution in [1.82, 2.24) is 5.31 Å². The maximum absolute atomic E-state index is 8.73. The third-order valence-electron chi connectivity index (χ3n) is 5.83. The van der Waals surface area contributed by atoms with Crippen molar-refractivity contribution in [3.63, 3.8) is 0 Å². The lowest BCUT2D eigenvalue weighted by Crippen LogP contribution is -2.19. The van der Waals surface area contributed by atoms with Gasteiger partial charge in [-0.2, -0.15) is 0 Å². The third-order valence-corrected chi connectivity index (χ3v) is 5.83. The Labute approximate surface area is 179 Å². The van der Waals surface area contributed by atoms with Gasteiger partial charge >= 0.3 is 0 Å². The Morgan fingerprint density at radius 1 is 0.900 bits per heavy atom. The van der Waals surface area contributed by atoms with Crippen LogP contribution < -0.4 is 10.0 Å². The molecular weight excluding hydrogens is 370 g/mol. The molecule has 1 N–H and O–H groups in total. The van der Waals surface area contributed by atoms with Crippen molar-refractivity contribution in [2.75, 3.05) is 0 Å². The van der Waals surface area contributed by atoms with Gasteiger partial charge in [0.05, 0.1) is 11.6 Å². The van der Waals surface area contributed by atoms with E-state index in [-0.39, 0.29) is 12.1 Å². The number of allylic oxidation sites excluding steroid dienone is 1. The summed E-state index contributed by atoms with van der Waals surface area (Å²) in [5.41, 5.74) is 5.30. The summed E-state index contributed by atoms with van der Waals surface area (Å²) in [6.07, 6.45) is 3.10. The number of rotatable bonds is 5. The van der Waals surface area contributed by atoms with E-state index >= 15 is 0 Å². The average molecular weight is 399 g/mol. The molecule has 0 saturated heterocycles. The molecule has 1 unspecified atom stereocenters. The average Bonchev–Trinajstić information content (AvgIpc) is 3.10. The zero-order chi connectivity index (χ0) is 21.4. The molecule has 3 heteroatoms. The fraction of sp³-hybridized carbons (Fsp3) is 0.259. The molecule has 2 aliphatic heterocycles. The molecule has 152 valence electrons. The first-order chi connectivity index (χ1) is 15.2. The second kappa shape index (κ2) is 7.91. The predicted molar refractivity (Wildman–Crippen MR) is 120 cm³/mol. The minimum Gasteiger partial charge on any atom is -0.472 e. The van der Waals surface area contributed by atoms with Crippen molar-refractivity contribution >= 4 is 5.70 Å². The van der Waals surface area contributed by atoms with Crippen molar-refractivity contribution in [3.8, 4) is 11.5 Å². The molecular formula is C27H27NO2. The third kappa shape index (κ3) is 3.35. The van der Waals surface area contributed by atoms with Crippen LogP contribution in [0, 0.1) is 0 Å². The summed E-state index contributed by atoms with van der Waals surface area (Å²) < 4.78 is 21.3. The molecule has 30 heavy (non-hydrogen) atoms. The van der Waals surface area contributed by atoms with Crippen LogP contribution in [0.5, 0.6) is 11.5 Å². The van der Waals surface area contributed by atoms with E-state index in [4.69, 9.17) is 10.9 Å². The van der Waals surface area contributed by atoms with Gasteiger partial charge in [0.25, 0.3) is 0 Å². The number of hydrogen-bond donors (Lipinski definition) is 1. The van der Waals surface area contributed by atoms with Gasteiger partial charge in [-0.25, -0.2) is 0 Å². The molecule has 0 aromatic heterocycles. The summed E-state index contributed by atoms with van der Waals surface area (Å²) in [5.74, 6) is 2.38. The van der Waals surface area contributed by atoms with E-state index in [1.165, 1.54) is 23.7 Å². The molecule has 0 radical (unpaired) electrons. The highest BCUT2D eigenvalue weighted by Crippen LogP contribution is 2.49. The van der Waals surface area contributed by atoms with Crippen LogP contribution >= 0.6 is 0 Å². The number of fused-ring (bicyclic) bond motifs is 2. The second-order valence-electron chi connectivity index (χ2n) is 7.97. The second-order valence-corrected chi connectivity index (χ2v) is 7.97. The van der Waals surface area contributed by atoms with E-state index in [1.54, 1.807) is 0 Å². The molecule has 0 fully saturated rings. The fourth-order valence-corrected chi connectivity index (χ4v) is 4.34. The largest absolute Gasteiger partial charge is 0.472 e. The number of benzene rings is 3. The number of hydrogen-bond acceptors (Lipinski definition) is 3. The van der Waals surface area contributed by atoms with Crippen LogP contribution in [-0.2, 0) is 11.2 Å². The summed E-state index contributed by atoms with van der Waals surface area (Å²) in [7, 11) is 0. The van der Waals surface area contributed by atoms with Gasteiger partial charge in [-0.3, -0.25) is 0 Å². The summed E-state index contributed by atoms with van der Waals surface area (Å²) in [6.45, 7) is 4.14. The highest BCUT2D eigenvalue weighted by atomic mass is 16.5. The Bertz CT molecular complexity index is 1080. The predicted octanol–water partition coefficient (Wildman–Crippen LogP) is 6.60. The van der Waals surface area contributed by atoms with Crippen LogP contribution in [0.3, 0.4) is 0 Å². The zero-order valence-corrected chi connectivity index (χ0v) is 17.5. The van der Waals surface area contributed by atoms with Gasteiger partial charge in [0, 0.05) is 16.7 Å². The van der Waals surface area contributed by atoms with E-state index in [1.807, 2.05) is 43.3 Å². The highest BCUT2D eigenvalue weighted by molar-refractivity contribution is 5.72. The molecule has 2 heterocycles. The standard InChI is InChI=1S/C27H27NO2/c1-3-4-9-19-14-16-20(17-15-19)26-27(29-18(2)28-26)25-21-10-5-7-12-23(21)30-24-13-8-6-11-22(24)25/h5-8,10-18,25,28H,3-4,9H2,1-2H3/i/hD. The van der Waals surface area contributed by atoms with Crippen molar-refractivity contribution in [3.05, 3.63) is 101 Å². The lowest BCUT2D eigenvalue weighted by molar-refractivity contribution is 0.134. The number of nitrogens with one attached hydrogen (secondary N) is 1. The molecule has 1 atom stereocenters. The van der Waals surface area contributed by atoms with Gasteiger partial charge in [0.1, 0.15) is 17.3 Å². The van der Waals surface area contributed by atoms with Crippen molar-refractivity contribution in [2.45, 2.75) is 45.3 Å². The van der Waals surface area contributed by atoms with Gasteiger partial charge < -0.3 is 14.8 Å². The first-order valence-corrected chi connectivity index (χ1v) is 10.8. The topological polar surface area (TPSA) is 30.5 Å². The van der Waals surface area contributed by atoms with Crippen molar-refractivity contribution < 1.29 is 10.9 Å². The van der Waals surface area contributed by atoms with E-state index in [0.717, 1.165) is 46.1 Å². The van der Waals surface area contributed by atoms with Crippen molar-refractivity contribution in [2.24, 2.45) is 0 Å². The van der Waals surface area contributed by atoms with Crippen LogP contribution in [0.25, 0.3) is 5.70 Å². The Morgan fingerprint density at radius 2 is 1.53 bits per heavy atom. The van der Waals surface area contributed by atoms with E-state index in [9.17, 15) is 0 Å². The number of ether oxygens (including phenoxy) is 2. The maximum Gasteiger partial charge on any atom is 0.166 e. The highest BCUT2D eigenvalue weighted by Gasteiger charge is 2.36. The first-order valence-electron chi connectivity index (χ1n) is 11.3. The smallest absolute Gasteiger partial charge is 0.166 e. The van der Waals surface area contributed by atoms with E-state index < -0.39 is 0 Å². The summed E-state index contributed by atoms with van der Waals surface area (Å²) >= 11 is 0. The van der Waals surface area contributed by atoms with Gasteiger partial charge in [0.15, 0.2) is 7.64 Å². The molecule has 0 aliphatic carbocycles. The molecule has 5 rings (SSSR count). The van der Waals surface area contributed by atoms with Crippen LogP contribution in [0.1, 0.15) is 54.9 Å². The molecule has 0 bridgehead atoms. The van der Waals surface area contributed by atoms with Gasteiger partial charge in [-0.1, -0.05) is 74.0 Å². The molecule has 0 spiro atoms.